The summed E-state index contributed by atoms with van der Waals surface area (Å²) in [6.07, 6.45) is 6.26. The van der Waals surface area contributed by atoms with Crippen LogP contribution >= 0.6 is 11.9 Å². The molecule has 1 aromatic carbocycles. The number of H-pyrrole nitrogens is 1. The van der Waals surface area contributed by atoms with Crippen LogP contribution in [0.15, 0.2) is 42.6 Å². The summed E-state index contributed by atoms with van der Waals surface area (Å²) in [5.74, 6) is 0.915. The molecule has 1 aliphatic heterocycles. The second kappa shape index (κ2) is 8.96. The first-order chi connectivity index (χ1) is 15.6. The van der Waals surface area contributed by atoms with E-state index in [0.29, 0.717) is 12.2 Å². The minimum atomic E-state index is 0.0431. The summed E-state index contributed by atoms with van der Waals surface area (Å²) >= 11 is 1.74. The number of pyridine rings is 1. The highest BCUT2D eigenvalue weighted by Crippen LogP contribution is 2.33. The highest BCUT2D eigenvalue weighted by Gasteiger charge is 2.30. The zero-order valence-corrected chi connectivity index (χ0v) is 19.0. The van der Waals surface area contributed by atoms with Gasteiger partial charge in [0.25, 0.3) is 0 Å². The number of fused-ring (bicyclic) bond motifs is 1. The van der Waals surface area contributed by atoms with Crippen molar-refractivity contribution in [2.75, 3.05) is 37.8 Å². The largest absolute Gasteiger partial charge is 0.346 e. The summed E-state index contributed by atoms with van der Waals surface area (Å²) in [6.45, 7) is 3.41. The van der Waals surface area contributed by atoms with Crippen LogP contribution in [-0.4, -0.2) is 63.4 Å². The van der Waals surface area contributed by atoms with Crippen molar-refractivity contribution in [2.45, 2.75) is 19.3 Å². The number of amides is 2. The summed E-state index contributed by atoms with van der Waals surface area (Å²) in [7, 11) is 0. The van der Waals surface area contributed by atoms with Crippen LogP contribution in [0.1, 0.15) is 18.4 Å². The Hall–Kier alpha value is -2.84. The van der Waals surface area contributed by atoms with Gasteiger partial charge in [0.15, 0.2) is 0 Å². The predicted molar refractivity (Wildman–Crippen MR) is 128 cm³/mol. The van der Waals surface area contributed by atoms with Crippen molar-refractivity contribution in [1.82, 2.24) is 19.2 Å². The monoisotopic (exact) mass is 449 g/mol. The molecule has 166 valence electrons. The molecule has 3 heterocycles. The minimum absolute atomic E-state index is 0.0431. The number of piperazine rings is 1. The lowest BCUT2D eigenvalue weighted by Gasteiger charge is -2.33. The van der Waals surface area contributed by atoms with Gasteiger partial charge in [0.1, 0.15) is 11.5 Å². The first-order valence-corrected chi connectivity index (χ1v) is 12.2. The first kappa shape index (κ1) is 21.0. The molecule has 1 saturated carbocycles. The summed E-state index contributed by atoms with van der Waals surface area (Å²) in [6, 6.07) is 12.1. The Labute approximate surface area is 191 Å². The lowest BCUT2D eigenvalue weighted by Crippen LogP contribution is -2.46. The van der Waals surface area contributed by atoms with Crippen LogP contribution < -0.4 is 5.32 Å². The molecule has 7 nitrogen and oxygen atoms in total. The fourth-order valence-corrected chi connectivity index (χ4v) is 4.65. The summed E-state index contributed by atoms with van der Waals surface area (Å²) in [4.78, 5) is 34.6. The van der Waals surface area contributed by atoms with E-state index in [1.165, 1.54) is 0 Å². The molecule has 8 heteroatoms. The van der Waals surface area contributed by atoms with Crippen LogP contribution in [-0.2, 0) is 16.0 Å². The molecule has 2 aromatic heterocycles. The van der Waals surface area contributed by atoms with Gasteiger partial charge in [0, 0.05) is 43.7 Å². The highest BCUT2D eigenvalue weighted by molar-refractivity contribution is 7.96. The van der Waals surface area contributed by atoms with E-state index in [1.54, 1.807) is 11.9 Å². The van der Waals surface area contributed by atoms with E-state index in [1.807, 2.05) is 47.5 Å². The number of rotatable bonds is 6. The lowest BCUT2D eigenvalue weighted by molar-refractivity contribution is -0.131. The van der Waals surface area contributed by atoms with E-state index in [2.05, 4.69) is 25.8 Å². The van der Waals surface area contributed by atoms with E-state index >= 15 is 0 Å². The van der Waals surface area contributed by atoms with Crippen molar-refractivity contribution >= 4 is 40.6 Å². The van der Waals surface area contributed by atoms with Crippen LogP contribution in [0.4, 0.5) is 5.82 Å². The molecule has 1 saturated heterocycles. The number of benzene rings is 1. The molecule has 3 aromatic rings. The molecule has 0 atom stereocenters. The van der Waals surface area contributed by atoms with Gasteiger partial charge in [-0.2, -0.15) is 0 Å². The van der Waals surface area contributed by atoms with Gasteiger partial charge >= 0.3 is 0 Å². The third-order valence-electron chi connectivity index (χ3n) is 6.20. The molecular formula is C24H27N5O2S. The van der Waals surface area contributed by atoms with Gasteiger partial charge in [-0.05, 0) is 47.9 Å². The number of hydrogen-bond acceptors (Lipinski definition) is 5. The number of aromatic amines is 1. The summed E-state index contributed by atoms with van der Waals surface area (Å²) in [5.41, 5.74) is 3.79. The molecule has 0 unspecified atom stereocenters. The third-order valence-corrected chi connectivity index (χ3v) is 7.08. The van der Waals surface area contributed by atoms with E-state index in [0.717, 1.165) is 66.7 Å². The number of anilines is 1. The van der Waals surface area contributed by atoms with Gasteiger partial charge in [-0.15, -0.1) is 0 Å². The fourth-order valence-electron chi connectivity index (χ4n) is 4.12. The second-order valence-electron chi connectivity index (χ2n) is 8.42. The Bertz CT molecular complexity index is 1130. The maximum atomic E-state index is 12.7. The molecule has 2 amide bonds. The predicted octanol–water partition coefficient (Wildman–Crippen LogP) is 3.54. The molecule has 5 rings (SSSR count). The van der Waals surface area contributed by atoms with E-state index in [-0.39, 0.29) is 17.7 Å². The van der Waals surface area contributed by atoms with Crippen molar-refractivity contribution < 1.29 is 9.59 Å². The van der Waals surface area contributed by atoms with Gasteiger partial charge in [-0.25, -0.2) is 9.29 Å². The molecule has 0 spiro atoms. The first-order valence-electron chi connectivity index (χ1n) is 11.1. The molecule has 0 bridgehead atoms. The number of nitrogens with one attached hydrogen (secondary N) is 2. The molecule has 1 aliphatic carbocycles. The SMILES string of the molecule is CSN1CCN(C(=O)Cc2ccc(-c3cc(NC(=O)C4CC4)nc4[nH]ccc34)cc2)CC1. The maximum absolute atomic E-state index is 12.7. The molecule has 32 heavy (non-hydrogen) atoms. The number of nitrogens with zero attached hydrogens (tertiary/aromatic N) is 3. The van der Waals surface area contributed by atoms with Crippen molar-refractivity contribution in [2.24, 2.45) is 5.92 Å². The van der Waals surface area contributed by atoms with Crippen molar-refractivity contribution in [3.63, 3.8) is 0 Å². The lowest BCUT2D eigenvalue weighted by atomic mass is 10.0. The van der Waals surface area contributed by atoms with Crippen molar-refractivity contribution in [3.8, 4) is 11.1 Å². The van der Waals surface area contributed by atoms with Gasteiger partial charge in [-0.3, -0.25) is 9.59 Å². The van der Waals surface area contributed by atoms with E-state index < -0.39 is 0 Å². The number of carbonyl (C=O) groups is 2. The fraction of sp³-hybridized carbons (Fsp3) is 0.375. The van der Waals surface area contributed by atoms with Crippen molar-refractivity contribution in [1.29, 1.82) is 0 Å². The summed E-state index contributed by atoms with van der Waals surface area (Å²) in [5, 5.41) is 3.96. The minimum Gasteiger partial charge on any atom is -0.346 e. The Morgan fingerprint density at radius 2 is 1.88 bits per heavy atom. The van der Waals surface area contributed by atoms with Gasteiger partial charge in [0.05, 0.1) is 6.42 Å². The van der Waals surface area contributed by atoms with Crippen LogP contribution in [0.25, 0.3) is 22.2 Å². The summed E-state index contributed by atoms with van der Waals surface area (Å²) < 4.78 is 2.29. The number of carbonyl (C=O) groups excluding carboxylic acids is 2. The van der Waals surface area contributed by atoms with Crippen molar-refractivity contribution in [3.05, 3.63) is 48.2 Å². The molecule has 2 N–H and O–H groups in total. The van der Waals surface area contributed by atoms with E-state index in [9.17, 15) is 9.59 Å². The van der Waals surface area contributed by atoms with Gasteiger partial charge < -0.3 is 15.2 Å². The second-order valence-corrected chi connectivity index (χ2v) is 9.31. The Balaban J connectivity index is 1.31. The van der Waals surface area contributed by atoms with E-state index in [4.69, 9.17) is 0 Å². The average molecular weight is 450 g/mol. The standard InChI is InChI=1S/C24H27N5O2S/c1-32-29-12-10-28(11-13-29)22(30)14-16-2-4-17(5-3-16)20-15-21(27-24(31)18-6-7-18)26-23-19(20)8-9-25-23/h2-5,8-9,15,18H,6-7,10-14H2,1H3,(H2,25,26,27,31). The topological polar surface area (TPSA) is 81.3 Å². The number of hydrogen-bond donors (Lipinski definition) is 2. The molecule has 0 radical (unpaired) electrons. The number of aromatic nitrogens is 2. The smallest absolute Gasteiger partial charge is 0.228 e. The zero-order chi connectivity index (χ0) is 22.1. The molecule has 2 aliphatic rings. The van der Waals surface area contributed by atoms with Crippen LogP contribution in [0.2, 0.25) is 0 Å². The highest BCUT2D eigenvalue weighted by atomic mass is 32.2. The maximum Gasteiger partial charge on any atom is 0.228 e. The van der Waals surface area contributed by atoms with Gasteiger partial charge in [0.2, 0.25) is 11.8 Å². The molecule has 2 fully saturated rings. The Morgan fingerprint density at radius 1 is 1.12 bits per heavy atom. The quantitative estimate of drug-likeness (QED) is 0.563. The molecular weight excluding hydrogens is 422 g/mol. The zero-order valence-electron chi connectivity index (χ0n) is 18.1. The third kappa shape index (κ3) is 4.52. The van der Waals surface area contributed by atoms with Crippen LogP contribution in [0, 0.1) is 5.92 Å². The Kier molecular flexibility index (Phi) is 5.89. The Morgan fingerprint density at radius 3 is 2.56 bits per heavy atom. The average Bonchev–Trinajstić information content (AvgIpc) is 3.57. The van der Waals surface area contributed by atoms with Crippen LogP contribution in [0.3, 0.4) is 0 Å². The normalized spacial score (nSPS) is 17.0. The van der Waals surface area contributed by atoms with Gasteiger partial charge in [-0.1, -0.05) is 36.2 Å². The van der Waals surface area contributed by atoms with Crippen LogP contribution in [0.5, 0.6) is 0 Å².